The van der Waals surface area contributed by atoms with Crippen LogP contribution < -0.4 is 5.32 Å². The number of hydrogen-bond donors (Lipinski definition) is 1. The normalized spacial score (nSPS) is 29.1. The first kappa shape index (κ1) is 14.8. The molecule has 6 heteroatoms. The smallest absolute Gasteiger partial charge is 0.357 e. The second kappa shape index (κ2) is 6.32. The standard InChI is InChI=1S/C15H23N3O2S/c1-3-20-14(19)13-9-21-15(17-13)16-10-7-11-5-4-6-12(8-10)18(11)2/h9-12H,3-8H2,1-2H3,(H,16,17). The largest absolute Gasteiger partial charge is 0.461 e. The van der Waals surface area contributed by atoms with Crippen molar-refractivity contribution in [2.75, 3.05) is 19.0 Å². The average molecular weight is 309 g/mol. The van der Waals surface area contributed by atoms with Crippen LogP contribution >= 0.6 is 11.3 Å². The van der Waals surface area contributed by atoms with E-state index >= 15 is 0 Å². The van der Waals surface area contributed by atoms with Gasteiger partial charge in [-0.15, -0.1) is 11.3 Å². The minimum atomic E-state index is -0.331. The Hall–Kier alpha value is -1.14. The van der Waals surface area contributed by atoms with Crippen molar-refractivity contribution < 1.29 is 9.53 Å². The molecule has 1 aromatic rings. The molecule has 2 unspecified atom stereocenters. The molecular weight excluding hydrogens is 286 g/mol. The topological polar surface area (TPSA) is 54.5 Å². The fourth-order valence-electron chi connectivity index (χ4n) is 3.55. The molecule has 0 aliphatic carbocycles. The molecule has 116 valence electrons. The number of piperidine rings is 2. The van der Waals surface area contributed by atoms with Crippen molar-refractivity contribution in [1.29, 1.82) is 0 Å². The molecule has 3 heterocycles. The van der Waals surface area contributed by atoms with Gasteiger partial charge in [0, 0.05) is 23.5 Å². The van der Waals surface area contributed by atoms with Gasteiger partial charge < -0.3 is 15.0 Å². The van der Waals surface area contributed by atoms with Crippen molar-refractivity contribution in [3.63, 3.8) is 0 Å². The molecule has 21 heavy (non-hydrogen) atoms. The maximum absolute atomic E-state index is 11.6. The summed E-state index contributed by atoms with van der Waals surface area (Å²) in [6.45, 7) is 2.19. The highest BCUT2D eigenvalue weighted by atomic mass is 32.1. The van der Waals surface area contributed by atoms with Crippen LogP contribution in [-0.2, 0) is 4.74 Å². The first-order valence-corrected chi connectivity index (χ1v) is 8.66. The first-order chi connectivity index (χ1) is 10.2. The summed E-state index contributed by atoms with van der Waals surface area (Å²) in [5.74, 6) is -0.331. The maximum atomic E-state index is 11.6. The molecule has 0 amide bonds. The van der Waals surface area contributed by atoms with E-state index in [4.69, 9.17) is 4.74 Å². The van der Waals surface area contributed by atoms with Crippen LogP contribution in [0, 0.1) is 0 Å². The lowest BCUT2D eigenvalue weighted by atomic mass is 9.82. The predicted molar refractivity (Wildman–Crippen MR) is 83.9 cm³/mol. The number of nitrogens with one attached hydrogen (secondary N) is 1. The molecule has 1 N–H and O–H groups in total. The van der Waals surface area contributed by atoms with Crippen molar-refractivity contribution in [3.8, 4) is 0 Å². The summed E-state index contributed by atoms with van der Waals surface area (Å²) >= 11 is 1.49. The van der Waals surface area contributed by atoms with Gasteiger partial charge in [0.1, 0.15) is 0 Å². The lowest BCUT2D eigenvalue weighted by Gasteiger charge is -2.47. The van der Waals surface area contributed by atoms with Crippen molar-refractivity contribution in [1.82, 2.24) is 9.88 Å². The zero-order valence-electron chi connectivity index (χ0n) is 12.7. The van der Waals surface area contributed by atoms with Crippen LogP contribution in [0.4, 0.5) is 5.13 Å². The van der Waals surface area contributed by atoms with E-state index < -0.39 is 0 Å². The van der Waals surface area contributed by atoms with Crippen LogP contribution in [0.5, 0.6) is 0 Å². The number of nitrogens with zero attached hydrogens (tertiary/aromatic N) is 2. The third-order valence-electron chi connectivity index (χ3n) is 4.66. The third kappa shape index (κ3) is 3.21. The molecular formula is C15H23N3O2S. The molecule has 2 fully saturated rings. The zero-order valence-corrected chi connectivity index (χ0v) is 13.5. The Labute approximate surface area is 129 Å². The van der Waals surface area contributed by atoms with Crippen molar-refractivity contribution in [2.45, 2.75) is 57.2 Å². The Morgan fingerprint density at radius 2 is 2.19 bits per heavy atom. The van der Waals surface area contributed by atoms with E-state index in [0.717, 1.165) is 5.13 Å². The van der Waals surface area contributed by atoms with Gasteiger partial charge in [0.15, 0.2) is 10.8 Å². The summed E-state index contributed by atoms with van der Waals surface area (Å²) in [5.41, 5.74) is 0.414. The minimum absolute atomic E-state index is 0.331. The van der Waals surface area contributed by atoms with Gasteiger partial charge in [-0.05, 0) is 39.7 Å². The van der Waals surface area contributed by atoms with Crippen LogP contribution in [0.2, 0.25) is 0 Å². The highest BCUT2D eigenvalue weighted by Crippen LogP contribution is 2.34. The number of ether oxygens (including phenoxy) is 1. The molecule has 2 bridgehead atoms. The lowest BCUT2D eigenvalue weighted by molar-refractivity contribution is 0.0520. The Morgan fingerprint density at radius 3 is 2.86 bits per heavy atom. The molecule has 0 spiro atoms. The van der Waals surface area contributed by atoms with Crippen molar-refractivity contribution in [2.24, 2.45) is 0 Å². The summed E-state index contributed by atoms with van der Waals surface area (Å²) in [5, 5.41) is 6.13. The number of fused-ring (bicyclic) bond motifs is 2. The molecule has 3 rings (SSSR count). The lowest BCUT2D eigenvalue weighted by Crippen LogP contribution is -2.52. The Kier molecular flexibility index (Phi) is 4.45. The fourth-order valence-corrected chi connectivity index (χ4v) is 4.31. The van der Waals surface area contributed by atoms with Gasteiger partial charge >= 0.3 is 5.97 Å². The number of carbonyl (C=O) groups is 1. The highest BCUT2D eigenvalue weighted by molar-refractivity contribution is 7.13. The number of carbonyl (C=O) groups excluding carboxylic acids is 1. The van der Waals surface area contributed by atoms with Crippen molar-refractivity contribution in [3.05, 3.63) is 11.1 Å². The number of thiazole rings is 1. The van der Waals surface area contributed by atoms with Gasteiger partial charge in [0.05, 0.1) is 6.61 Å². The van der Waals surface area contributed by atoms with Gasteiger partial charge in [-0.1, -0.05) is 6.42 Å². The second-order valence-corrected chi connectivity index (χ2v) is 6.83. The minimum Gasteiger partial charge on any atom is -0.461 e. The average Bonchev–Trinajstić information content (AvgIpc) is 2.89. The van der Waals surface area contributed by atoms with Gasteiger partial charge in [-0.25, -0.2) is 9.78 Å². The summed E-state index contributed by atoms with van der Waals surface area (Å²) in [6, 6.07) is 1.86. The summed E-state index contributed by atoms with van der Waals surface area (Å²) in [4.78, 5) is 18.5. The van der Waals surface area contributed by atoms with Crippen LogP contribution in [0.15, 0.2) is 5.38 Å². The number of aromatic nitrogens is 1. The predicted octanol–water partition coefficient (Wildman–Crippen LogP) is 2.75. The Morgan fingerprint density at radius 1 is 1.48 bits per heavy atom. The summed E-state index contributed by atoms with van der Waals surface area (Å²) in [6.07, 6.45) is 6.30. The van der Waals surface area contributed by atoms with Crippen LogP contribution in [0.25, 0.3) is 0 Å². The molecule has 2 aliphatic heterocycles. The molecule has 2 saturated heterocycles. The Balaban J connectivity index is 1.61. The highest BCUT2D eigenvalue weighted by Gasteiger charge is 2.36. The first-order valence-electron chi connectivity index (χ1n) is 7.78. The van der Waals surface area contributed by atoms with E-state index in [2.05, 4.69) is 22.2 Å². The van der Waals surface area contributed by atoms with Gasteiger partial charge in [0.2, 0.25) is 0 Å². The van der Waals surface area contributed by atoms with E-state index in [1.54, 1.807) is 12.3 Å². The number of rotatable bonds is 4. The molecule has 0 aromatic carbocycles. The SMILES string of the molecule is CCOC(=O)c1csc(NC2CC3CCCC(C2)N3C)n1. The van der Waals surface area contributed by atoms with E-state index in [0.29, 0.717) is 30.4 Å². The molecule has 1 aromatic heterocycles. The van der Waals surface area contributed by atoms with E-state index in [-0.39, 0.29) is 5.97 Å². The zero-order chi connectivity index (χ0) is 14.8. The van der Waals surface area contributed by atoms with Crippen LogP contribution in [0.1, 0.15) is 49.5 Å². The summed E-state index contributed by atoms with van der Waals surface area (Å²) in [7, 11) is 2.26. The third-order valence-corrected chi connectivity index (χ3v) is 5.43. The quantitative estimate of drug-likeness (QED) is 0.867. The molecule has 2 atom stereocenters. The van der Waals surface area contributed by atoms with Crippen LogP contribution in [-0.4, -0.2) is 47.6 Å². The van der Waals surface area contributed by atoms with Gasteiger partial charge in [-0.3, -0.25) is 0 Å². The number of anilines is 1. The van der Waals surface area contributed by atoms with E-state index in [9.17, 15) is 4.79 Å². The van der Waals surface area contributed by atoms with Gasteiger partial charge in [-0.2, -0.15) is 0 Å². The second-order valence-electron chi connectivity index (χ2n) is 5.98. The van der Waals surface area contributed by atoms with Crippen LogP contribution in [0.3, 0.4) is 0 Å². The monoisotopic (exact) mass is 309 g/mol. The summed E-state index contributed by atoms with van der Waals surface area (Å²) < 4.78 is 4.98. The van der Waals surface area contributed by atoms with Crippen molar-refractivity contribution >= 4 is 22.4 Å². The van der Waals surface area contributed by atoms with Gasteiger partial charge in [0.25, 0.3) is 0 Å². The van der Waals surface area contributed by atoms with E-state index in [1.165, 1.54) is 43.4 Å². The maximum Gasteiger partial charge on any atom is 0.357 e. The molecule has 0 saturated carbocycles. The number of hydrogen-bond acceptors (Lipinski definition) is 6. The number of esters is 1. The fraction of sp³-hybridized carbons (Fsp3) is 0.733. The molecule has 2 aliphatic rings. The van der Waals surface area contributed by atoms with E-state index in [1.807, 2.05) is 0 Å². The Bertz CT molecular complexity index is 491. The molecule has 0 radical (unpaired) electrons. The molecule has 5 nitrogen and oxygen atoms in total.